The van der Waals surface area contributed by atoms with Crippen LogP contribution in [0.5, 0.6) is 0 Å². The van der Waals surface area contributed by atoms with Gasteiger partial charge in [0.25, 0.3) is 0 Å². The van der Waals surface area contributed by atoms with Crippen LogP contribution in [0.15, 0.2) is 24.3 Å². The molecule has 3 atom stereocenters. The smallest absolute Gasteiger partial charge is 0.326 e. The predicted molar refractivity (Wildman–Crippen MR) is 86.7 cm³/mol. The zero-order valence-electron chi connectivity index (χ0n) is 14.0. The van der Waals surface area contributed by atoms with Gasteiger partial charge in [-0.3, -0.25) is 9.59 Å². The number of carbonyl (C=O) groups is 3. The molecule has 0 radical (unpaired) electrons. The van der Waals surface area contributed by atoms with Crippen molar-refractivity contribution in [3.05, 3.63) is 35.6 Å². The van der Waals surface area contributed by atoms with Crippen LogP contribution >= 0.6 is 0 Å². The second-order valence-electron chi connectivity index (χ2n) is 5.75. The van der Waals surface area contributed by atoms with Crippen molar-refractivity contribution < 1.29 is 23.9 Å². The number of carboxylic acids is 1. The van der Waals surface area contributed by atoms with Crippen molar-refractivity contribution in [1.29, 1.82) is 5.26 Å². The maximum Gasteiger partial charge on any atom is 0.326 e. The maximum atomic E-state index is 13.3. The zero-order valence-corrected chi connectivity index (χ0v) is 14.0. The van der Waals surface area contributed by atoms with Crippen LogP contribution in [0.1, 0.15) is 25.8 Å². The molecule has 2 amide bonds. The van der Waals surface area contributed by atoms with Crippen molar-refractivity contribution in [1.82, 2.24) is 10.6 Å². The molecule has 0 aliphatic heterocycles. The number of aliphatic carboxylic acids is 1. The van der Waals surface area contributed by atoms with E-state index in [1.165, 1.54) is 25.1 Å². The number of rotatable bonds is 8. The zero-order chi connectivity index (χ0) is 19.0. The first-order valence-corrected chi connectivity index (χ1v) is 7.67. The lowest BCUT2D eigenvalue weighted by Crippen LogP contribution is -2.52. The average Bonchev–Trinajstić information content (AvgIpc) is 2.52. The number of nitriles is 1. The third kappa shape index (κ3) is 6.99. The molecular formula is C17H20FN3O4. The number of carbonyl (C=O) groups excluding carboxylic acids is 2. The van der Waals surface area contributed by atoms with Crippen molar-refractivity contribution in [2.24, 2.45) is 5.92 Å². The quantitative estimate of drug-likeness (QED) is 0.647. The van der Waals surface area contributed by atoms with Gasteiger partial charge >= 0.3 is 5.97 Å². The lowest BCUT2D eigenvalue weighted by molar-refractivity contribution is -0.142. The van der Waals surface area contributed by atoms with Gasteiger partial charge in [0.05, 0.1) is 6.07 Å². The largest absolute Gasteiger partial charge is 0.480 e. The second kappa shape index (κ2) is 9.37. The molecule has 0 heterocycles. The molecule has 0 aliphatic rings. The van der Waals surface area contributed by atoms with Crippen molar-refractivity contribution in [2.45, 2.75) is 38.8 Å². The van der Waals surface area contributed by atoms with Crippen molar-refractivity contribution >= 4 is 17.8 Å². The SMILES string of the molecule is CC(=O)N[C@@H](Cc1cccc(F)c1)C(=O)N[C@@H](C[C@@H](C)C#N)C(=O)O. The fourth-order valence-corrected chi connectivity index (χ4v) is 2.25. The van der Waals surface area contributed by atoms with Crippen LogP contribution in [-0.2, 0) is 20.8 Å². The molecule has 0 saturated heterocycles. The fourth-order valence-electron chi connectivity index (χ4n) is 2.25. The van der Waals surface area contributed by atoms with Gasteiger partial charge in [-0.15, -0.1) is 0 Å². The summed E-state index contributed by atoms with van der Waals surface area (Å²) in [5.41, 5.74) is 0.478. The van der Waals surface area contributed by atoms with Crippen molar-refractivity contribution in [3.8, 4) is 6.07 Å². The Hall–Kier alpha value is -2.95. The molecule has 1 rings (SSSR count). The normalized spacial score (nSPS) is 13.8. The van der Waals surface area contributed by atoms with E-state index in [1.54, 1.807) is 13.0 Å². The highest BCUT2D eigenvalue weighted by molar-refractivity contribution is 5.90. The minimum atomic E-state index is -1.28. The molecule has 0 bridgehead atoms. The molecule has 7 nitrogen and oxygen atoms in total. The summed E-state index contributed by atoms with van der Waals surface area (Å²) in [6, 6.07) is 5.14. The van der Waals surface area contributed by atoms with E-state index in [2.05, 4.69) is 10.6 Å². The van der Waals surface area contributed by atoms with Gasteiger partial charge in [0.2, 0.25) is 11.8 Å². The summed E-state index contributed by atoms with van der Waals surface area (Å²) in [4.78, 5) is 35.0. The summed E-state index contributed by atoms with van der Waals surface area (Å²) in [6.07, 6.45) is -0.0619. The van der Waals surface area contributed by atoms with Gasteiger partial charge in [0, 0.05) is 19.3 Å². The number of hydrogen-bond donors (Lipinski definition) is 3. The summed E-state index contributed by atoms with van der Waals surface area (Å²) in [5.74, 6) is -3.51. The lowest BCUT2D eigenvalue weighted by atomic mass is 10.0. The molecule has 0 saturated carbocycles. The number of nitrogens with zero attached hydrogens (tertiary/aromatic N) is 1. The van der Waals surface area contributed by atoms with E-state index in [4.69, 9.17) is 5.26 Å². The van der Waals surface area contributed by atoms with Gasteiger partial charge in [-0.1, -0.05) is 12.1 Å². The standard InChI is InChI=1S/C17H20FN3O4/c1-10(9-19)6-15(17(24)25)21-16(23)14(20-11(2)22)8-12-4-3-5-13(18)7-12/h3-5,7,10,14-15H,6,8H2,1-2H3,(H,20,22)(H,21,23)(H,24,25)/t10-,14+,15+/m1/s1. The van der Waals surface area contributed by atoms with E-state index in [9.17, 15) is 23.9 Å². The first-order valence-electron chi connectivity index (χ1n) is 7.67. The van der Waals surface area contributed by atoms with E-state index in [0.717, 1.165) is 0 Å². The molecule has 1 aromatic carbocycles. The maximum absolute atomic E-state index is 13.3. The summed E-state index contributed by atoms with van der Waals surface area (Å²) >= 11 is 0. The van der Waals surface area contributed by atoms with E-state index in [0.29, 0.717) is 5.56 Å². The molecular weight excluding hydrogens is 329 g/mol. The molecule has 0 aliphatic carbocycles. The van der Waals surface area contributed by atoms with Crippen molar-refractivity contribution in [3.63, 3.8) is 0 Å². The summed E-state index contributed by atoms with van der Waals surface area (Å²) in [5, 5.41) is 22.7. The van der Waals surface area contributed by atoms with Crippen LogP contribution in [0.25, 0.3) is 0 Å². The number of nitrogens with one attached hydrogen (secondary N) is 2. The highest BCUT2D eigenvalue weighted by Crippen LogP contribution is 2.09. The Bertz CT molecular complexity index is 687. The Labute approximate surface area is 144 Å². The minimum absolute atomic E-state index is 0.00329. The Morgan fingerprint density at radius 1 is 1.28 bits per heavy atom. The first kappa shape index (κ1) is 20.1. The van der Waals surface area contributed by atoms with Crippen molar-refractivity contribution in [2.75, 3.05) is 0 Å². The number of benzene rings is 1. The second-order valence-corrected chi connectivity index (χ2v) is 5.75. The fraction of sp³-hybridized carbons (Fsp3) is 0.412. The number of halogens is 1. The molecule has 8 heteroatoms. The summed E-state index contributed by atoms with van der Waals surface area (Å²) < 4.78 is 13.3. The Morgan fingerprint density at radius 3 is 2.48 bits per heavy atom. The highest BCUT2D eigenvalue weighted by atomic mass is 19.1. The van der Waals surface area contributed by atoms with Gasteiger partial charge < -0.3 is 15.7 Å². The number of amides is 2. The van der Waals surface area contributed by atoms with E-state index < -0.39 is 41.6 Å². The molecule has 1 aromatic rings. The predicted octanol–water partition coefficient (Wildman–Crippen LogP) is 0.992. The molecule has 25 heavy (non-hydrogen) atoms. The molecule has 0 aromatic heterocycles. The Kier molecular flexibility index (Phi) is 7.53. The molecule has 3 N–H and O–H groups in total. The van der Waals surface area contributed by atoms with Crippen LogP contribution in [0.4, 0.5) is 4.39 Å². The van der Waals surface area contributed by atoms with Gasteiger partial charge in [-0.2, -0.15) is 5.26 Å². The third-order valence-electron chi connectivity index (χ3n) is 3.45. The first-order chi connectivity index (χ1) is 11.7. The van der Waals surface area contributed by atoms with Crippen LogP contribution in [0.2, 0.25) is 0 Å². The third-order valence-corrected chi connectivity index (χ3v) is 3.45. The van der Waals surface area contributed by atoms with Crippen LogP contribution < -0.4 is 10.6 Å². The number of hydrogen-bond acceptors (Lipinski definition) is 4. The molecule has 134 valence electrons. The van der Waals surface area contributed by atoms with Gasteiger partial charge in [0.15, 0.2) is 0 Å². The topological polar surface area (TPSA) is 119 Å². The Balaban J connectivity index is 2.89. The van der Waals surface area contributed by atoms with Gasteiger partial charge in [-0.05, 0) is 31.0 Å². The summed E-state index contributed by atoms with van der Waals surface area (Å²) in [6.45, 7) is 2.76. The average molecular weight is 349 g/mol. The van der Waals surface area contributed by atoms with E-state index in [-0.39, 0.29) is 12.8 Å². The summed E-state index contributed by atoms with van der Waals surface area (Å²) in [7, 11) is 0. The van der Waals surface area contributed by atoms with Gasteiger partial charge in [0.1, 0.15) is 17.9 Å². The molecule has 0 spiro atoms. The highest BCUT2D eigenvalue weighted by Gasteiger charge is 2.27. The monoisotopic (exact) mass is 349 g/mol. The molecule has 0 fully saturated rings. The lowest BCUT2D eigenvalue weighted by Gasteiger charge is -2.21. The minimum Gasteiger partial charge on any atom is -0.480 e. The number of carboxylic acid groups (broad SMARTS) is 1. The Morgan fingerprint density at radius 2 is 1.96 bits per heavy atom. The van der Waals surface area contributed by atoms with Crippen LogP contribution in [-0.4, -0.2) is 35.0 Å². The molecule has 0 unspecified atom stereocenters. The van der Waals surface area contributed by atoms with E-state index in [1.807, 2.05) is 6.07 Å². The van der Waals surface area contributed by atoms with Crippen LogP contribution in [0.3, 0.4) is 0 Å². The van der Waals surface area contributed by atoms with Gasteiger partial charge in [-0.25, -0.2) is 9.18 Å². The van der Waals surface area contributed by atoms with E-state index >= 15 is 0 Å². The van der Waals surface area contributed by atoms with Crippen LogP contribution in [0, 0.1) is 23.1 Å².